The molecule has 7 heteroatoms. The lowest BCUT2D eigenvalue weighted by Gasteiger charge is -2.17. The first kappa shape index (κ1) is 19.4. The third-order valence-electron chi connectivity index (χ3n) is 4.59. The number of nitrogens with one attached hydrogen (secondary N) is 1. The molecular formula is C21H22N2O5. The van der Waals surface area contributed by atoms with Crippen LogP contribution in [0.5, 0.6) is 5.75 Å². The third-order valence-corrected chi connectivity index (χ3v) is 4.59. The van der Waals surface area contributed by atoms with E-state index in [4.69, 9.17) is 9.84 Å². The number of hydrogen-bond donors (Lipinski definition) is 2. The van der Waals surface area contributed by atoms with Crippen LogP contribution < -0.4 is 15.0 Å². The molecule has 2 aromatic rings. The van der Waals surface area contributed by atoms with E-state index in [1.807, 2.05) is 31.2 Å². The minimum atomic E-state index is -1.06. The molecule has 146 valence electrons. The first-order valence-electron chi connectivity index (χ1n) is 9.00. The summed E-state index contributed by atoms with van der Waals surface area (Å²) >= 11 is 0. The molecule has 1 heterocycles. The Morgan fingerprint density at radius 3 is 2.46 bits per heavy atom. The highest BCUT2D eigenvalue weighted by molar-refractivity contribution is 6.00. The van der Waals surface area contributed by atoms with Gasteiger partial charge in [0.05, 0.1) is 5.92 Å². The van der Waals surface area contributed by atoms with Gasteiger partial charge in [0.1, 0.15) is 5.75 Å². The molecule has 1 aliphatic rings. The van der Waals surface area contributed by atoms with E-state index in [0.29, 0.717) is 24.5 Å². The molecule has 1 saturated heterocycles. The van der Waals surface area contributed by atoms with Gasteiger partial charge in [0, 0.05) is 25.2 Å². The fourth-order valence-electron chi connectivity index (χ4n) is 3.04. The molecule has 0 radical (unpaired) electrons. The lowest BCUT2D eigenvalue weighted by molar-refractivity contribution is -0.139. The summed E-state index contributed by atoms with van der Waals surface area (Å²) in [7, 11) is 0. The molecule has 1 atom stereocenters. The van der Waals surface area contributed by atoms with E-state index >= 15 is 0 Å². The number of carboxylic acids is 1. The summed E-state index contributed by atoms with van der Waals surface area (Å²) in [6.07, 6.45) is 0.164. The summed E-state index contributed by atoms with van der Waals surface area (Å²) in [6.45, 7) is 2.32. The molecule has 3 rings (SSSR count). The van der Waals surface area contributed by atoms with Crippen LogP contribution in [0.2, 0.25) is 0 Å². The first-order chi connectivity index (χ1) is 13.4. The van der Waals surface area contributed by atoms with E-state index in [0.717, 1.165) is 11.1 Å². The maximum atomic E-state index is 12.4. The number of anilines is 1. The second-order valence-electron chi connectivity index (χ2n) is 6.79. The van der Waals surface area contributed by atoms with Gasteiger partial charge in [-0.1, -0.05) is 29.8 Å². The SMILES string of the molecule is Cc1ccc(CNC(=O)[C@H]2CC(=O)N(c3ccc(OCC(=O)O)cc3)C2)cc1. The van der Waals surface area contributed by atoms with Crippen LogP contribution in [0.1, 0.15) is 17.5 Å². The summed E-state index contributed by atoms with van der Waals surface area (Å²) < 4.78 is 5.09. The van der Waals surface area contributed by atoms with Gasteiger partial charge in [0.2, 0.25) is 11.8 Å². The topological polar surface area (TPSA) is 95.9 Å². The van der Waals surface area contributed by atoms with Crippen LogP contribution in [0.25, 0.3) is 0 Å². The number of aryl methyl sites for hydroxylation is 1. The van der Waals surface area contributed by atoms with Crippen molar-refractivity contribution in [2.24, 2.45) is 5.92 Å². The second-order valence-corrected chi connectivity index (χ2v) is 6.79. The number of amides is 2. The highest BCUT2D eigenvalue weighted by Gasteiger charge is 2.35. The molecule has 0 saturated carbocycles. The molecule has 1 fully saturated rings. The van der Waals surface area contributed by atoms with Gasteiger partial charge in [0.25, 0.3) is 0 Å². The lowest BCUT2D eigenvalue weighted by atomic mass is 10.1. The maximum absolute atomic E-state index is 12.4. The Kier molecular flexibility index (Phi) is 5.93. The third kappa shape index (κ3) is 4.88. The molecule has 2 amide bonds. The minimum Gasteiger partial charge on any atom is -0.482 e. The van der Waals surface area contributed by atoms with E-state index < -0.39 is 18.5 Å². The van der Waals surface area contributed by atoms with Crippen molar-refractivity contribution in [3.8, 4) is 5.75 Å². The van der Waals surface area contributed by atoms with Crippen molar-refractivity contribution < 1.29 is 24.2 Å². The number of carboxylic acid groups (broad SMARTS) is 1. The highest BCUT2D eigenvalue weighted by Crippen LogP contribution is 2.27. The zero-order valence-corrected chi connectivity index (χ0v) is 15.6. The molecule has 0 spiro atoms. The van der Waals surface area contributed by atoms with Gasteiger partial charge >= 0.3 is 5.97 Å². The quantitative estimate of drug-likeness (QED) is 0.765. The zero-order chi connectivity index (χ0) is 20.1. The molecule has 0 unspecified atom stereocenters. The van der Waals surface area contributed by atoms with Gasteiger partial charge in [-0.05, 0) is 36.8 Å². The normalized spacial score (nSPS) is 16.1. The van der Waals surface area contributed by atoms with Crippen LogP contribution in [0, 0.1) is 12.8 Å². The Hall–Kier alpha value is -3.35. The highest BCUT2D eigenvalue weighted by atomic mass is 16.5. The van der Waals surface area contributed by atoms with Crippen molar-refractivity contribution in [3.05, 3.63) is 59.7 Å². The number of hydrogen-bond acceptors (Lipinski definition) is 4. The smallest absolute Gasteiger partial charge is 0.341 e. The first-order valence-corrected chi connectivity index (χ1v) is 9.00. The molecule has 2 N–H and O–H groups in total. The number of carbonyl (C=O) groups excluding carboxylic acids is 2. The molecule has 1 aliphatic heterocycles. The molecule has 2 aromatic carbocycles. The lowest BCUT2D eigenvalue weighted by Crippen LogP contribution is -2.32. The van der Waals surface area contributed by atoms with Crippen molar-refractivity contribution in [1.29, 1.82) is 0 Å². The van der Waals surface area contributed by atoms with Crippen molar-refractivity contribution in [3.63, 3.8) is 0 Å². The summed E-state index contributed by atoms with van der Waals surface area (Å²) in [4.78, 5) is 36.9. The molecule has 0 aliphatic carbocycles. The van der Waals surface area contributed by atoms with E-state index in [1.54, 1.807) is 29.2 Å². The minimum absolute atomic E-state index is 0.116. The molecule has 7 nitrogen and oxygen atoms in total. The Labute approximate surface area is 162 Å². The van der Waals surface area contributed by atoms with E-state index in [9.17, 15) is 14.4 Å². The second kappa shape index (κ2) is 8.56. The molecule has 0 bridgehead atoms. The van der Waals surface area contributed by atoms with Gasteiger partial charge in [-0.25, -0.2) is 4.79 Å². The zero-order valence-electron chi connectivity index (χ0n) is 15.6. The standard InChI is InChI=1S/C21H22N2O5/c1-14-2-4-15(5-3-14)11-22-21(27)16-10-19(24)23(12-16)17-6-8-18(9-7-17)28-13-20(25)26/h2-9,16H,10-13H2,1H3,(H,22,27)(H,25,26)/t16-/m0/s1. The Morgan fingerprint density at radius 2 is 1.82 bits per heavy atom. The van der Waals surface area contributed by atoms with Crippen LogP contribution in [0.15, 0.2) is 48.5 Å². The van der Waals surface area contributed by atoms with Gasteiger partial charge in [0.15, 0.2) is 6.61 Å². The predicted octanol–water partition coefficient (Wildman–Crippen LogP) is 2.13. The van der Waals surface area contributed by atoms with E-state index in [-0.39, 0.29) is 18.2 Å². The monoisotopic (exact) mass is 382 g/mol. The maximum Gasteiger partial charge on any atom is 0.341 e. The van der Waals surface area contributed by atoms with Gasteiger partial charge in [-0.2, -0.15) is 0 Å². The summed E-state index contributed by atoms with van der Waals surface area (Å²) in [5.74, 6) is -1.31. The molecular weight excluding hydrogens is 360 g/mol. The van der Waals surface area contributed by atoms with Crippen molar-refractivity contribution in [2.75, 3.05) is 18.1 Å². The number of carbonyl (C=O) groups is 3. The van der Waals surface area contributed by atoms with Crippen LogP contribution in [-0.2, 0) is 20.9 Å². The van der Waals surface area contributed by atoms with Gasteiger partial charge in [-0.3, -0.25) is 9.59 Å². The predicted molar refractivity (Wildman–Crippen MR) is 103 cm³/mol. The number of nitrogens with zero attached hydrogens (tertiary/aromatic N) is 1. The largest absolute Gasteiger partial charge is 0.482 e. The van der Waals surface area contributed by atoms with Crippen LogP contribution >= 0.6 is 0 Å². The number of aliphatic carboxylic acids is 1. The summed E-state index contributed by atoms with van der Waals surface area (Å²) in [5.41, 5.74) is 2.82. The van der Waals surface area contributed by atoms with Crippen LogP contribution in [-0.4, -0.2) is 36.0 Å². The molecule has 0 aromatic heterocycles. The van der Waals surface area contributed by atoms with Crippen molar-refractivity contribution in [2.45, 2.75) is 19.9 Å². The fraction of sp³-hybridized carbons (Fsp3) is 0.286. The van der Waals surface area contributed by atoms with E-state index in [2.05, 4.69) is 5.32 Å². The number of benzene rings is 2. The van der Waals surface area contributed by atoms with Gasteiger partial charge in [-0.15, -0.1) is 0 Å². The Morgan fingerprint density at radius 1 is 1.14 bits per heavy atom. The van der Waals surface area contributed by atoms with Gasteiger partial charge < -0.3 is 20.1 Å². The Balaban J connectivity index is 1.55. The molecule has 28 heavy (non-hydrogen) atoms. The summed E-state index contributed by atoms with van der Waals surface area (Å²) in [6, 6.07) is 14.5. The van der Waals surface area contributed by atoms with E-state index in [1.165, 1.54) is 0 Å². The number of ether oxygens (including phenoxy) is 1. The average Bonchev–Trinajstić information content (AvgIpc) is 3.08. The summed E-state index contributed by atoms with van der Waals surface area (Å²) in [5, 5.41) is 11.5. The number of rotatable bonds is 7. The van der Waals surface area contributed by atoms with Crippen molar-refractivity contribution >= 4 is 23.5 Å². The van der Waals surface area contributed by atoms with Crippen molar-refractivity contribution in [1.82, 2.24) is 5.32 Å². The van der Waals surface area contributed by atoms with Crippen LogP contribution in [0.4, 0.5) is 5.69 Å². The Bertz CT molecular complexity index is 861. The van der Waals surface area contributed by atoms with Crippen LogP contribution in [0.3, 0.4) is 0 Å². The average molecular weight is 382 g/mol. The fourth-order valence-corrected chi connectivity index (χ4v) is 3.04.